The van der Waals surface area contributed by atoms with Gasteiger partial charge in [-0.1, -0.05) is 148 Å². The monoisotopic (exact) mass is 392 g/mol. The minimum Gasteiger partial charge on any atom is -0.0885 e. The van der Waals surface area contributed by atoms with Crippen LogP contribution in [0.15, 0.2) is 12.2 Å². The Hall–Kier alpha value is -0.260. The lowest BCUT2D eigenvalue weighted by Gasteiger charge is -2.16. The van der Waals surface area contributed by atoms with Crippen LogP contribution in [0.3, 0.4) is 0 Å². The lowest BCUT2D eigenvalue weighted by Crippen LogP contribution is -2.01. The van der Waals surface area contributed by atoms with Gasteiger partial charge < -0.3 is 0 Å². The first-order valence-corrected chi connectivity index (χ1v) is 13.5. The van der Waals surface area contributed by atoms with Crippen molar-refractivity contribution in [3.63, 3.8) is 0 Å². The molecule has 1 unspecified atom stereocenters. The Morgan fingerprint density at radius 1 is 0.393 bits per heavy atom. The van der Waals surface area contributed by atoms with Crippen LogP contribution in [0.4, 0.5) is 0 Å². The van der Waals surface area contributed by atoms with Crippen LogP contribution in [0, 0.1) is 5.92 Å². The van der Waals surface area contributed by atoms with Gasteiger partial charge in [0, 0.05) is 0 Å². The molecule has 0 heteroatoms. The summed E-state index contributed by atoms with van der Waals surface area (Å²) in [5.41, 5.74) is 0. The highest BCUT2D eigenvalue weighted by molar-refractivity contribution is 4.81. The number of hydrogen-bond donors (Lipinski definition) is 0. The Kier molecular flexibility index (Phi) is 24.5. The second-order valence-corrected chi connectivity index (χ2v) is 9.23. The molecule has 1 atom stereocenters. The van der Waals surface area contributed by atoms with E-state index in [0.29, 0.717) is 0 Å². The van der Waals surface area contributed by atoms with Crippen molar-refractivity contribution in [3.8, 4) is 0 Å². The van der Waals surface area contributed by atoms with Crippen LogP contribution in [-0.4, -0.2) is 0 Å². The molecule has 0 aliphatic heterocycles. The van der Waals surface area contributed by atoms with Gasteiger partial charge in [-0.05, 0) is 31.6 Å². The molecule has 0 fully saturated rings. The standard InChI is InChI=1S/C28H56/c1-4-7-10-12-14-15-16-17-18-19-20-22-24-27-28(25-9-6-3)26-23-21-13-11-8-5-2/h18-19,28H,4-17,20-27H2,1-3H3/b19-18+. The lowest BCUT2D eigenvalue weighted by molar-refractivity contribution is 0.374. The van der Waals surface area contributed by atoms with Gasteiger partial charge in [0.05, 0.1) is 0 Å². The highest BCUT2D eigenvalue weighted by atomic mass is 14.1. The number of hydrogen-bond acceptors (Lipinski definition) is 0. The molecule has 28 heavy (non-hydrogen) atoms. The van der Waals surface area contributed by atoms with E-state index in [9.17, 15) is 0 Å². The number of unbranched alkanes of at least 4 members (excludes halogenated alkanes) is 15. The fourth-order valence-corrected chi connectivity index (χ4v) is 4.29. The van der Waals surface area contributed by atoms with Gasteiger partial charge in [-0.15, -0.1) is 0 Å². The zero-order valence-corrected chi connectivity index (χ0v) is 20.3. The fourth-order valence-electron chi connectivity index (χ4n) is 4.29. The van der Waals surface area contributed by atoms with E-state index in [1.54, 1.807) is 0 Å². The van der Waals surface area contributed by atoms with E-state index in [0.717, 1.165) is 5.92 Å². The van der Waals surface area contributed by atoms with Crippen LogP contribution in [0.25, 0.3) is 0 Å². The summed E-state index contributed by atoms with van der Waals surface area (Å²) in [5.74, 6) is 1.02. The molecule has 0 saturated heterocycles. The second kappa shape index (κ2) is 24.8. The van der Waals surface area contributed by atoms with Crippen LogP contribution >= 0.6 is 0 Å². The quantitative estimate of drug-likeness (QED) is 0.120. The van der Waals surface area contributed by atoms with E-state index >= 15 is 0 Å². The molecule has 168 valence electrons. The molecule has 0 aromatic carbocycles. The maximum atomic E-state index is 2.46. The molecule has 0 aromatic rings. The molecule has 0 N–H and O–H groups in total. The summed E-state index contributed by atoms with van der Waals surface area (Å²) >= 11 is 0. The van der Waals surface area contributed by atoms with Crippen LogP contribution in [-0.2, 0) is 0 Å². The SMILES string of the molecule is CCCCCCCCC/C=C/CCCCC(CCCC)CCCCCCCC. The maximum Gasteiger partial charge on any atom is -0.0351 e. The van der Waals surface area contributed by atoms with Crippen LogP contribution in [0.1, 0.15) is 162 Å². The molecule has 0 aliphatic carbocycles. The van der Waals surface area contributed by atoms with Gasteiger partial charge >= 0.3 is 0 Å². The largest absolute Gasteiger partial charge is 0.0885 e. The van der Waals surface area contributed by atoms with Crippen LogP contribution in [0.2, 0.25) is 0 Å². The predicted molar refractivity (Wildman–Crippen MR) is 131 cm³/mol. The fraction of sp³-hybridized carbons (Fsp3) is 0.929. The van der Waals surface area contributed by atoms with Crippen molar-refractivity contribution in [2.75, 3.05) is 0 Å². The van der Waals surface area contributed by atoms with E-state index in [1.165, 1.54) is 141 Å². The van der Waals surface area contributed by atoms with Gasteiger partial charge in [0.1, 0.15) is 0 Å². The normalized spacial score (nSPS) is 12.8. The Morgan fingerprint density at radius 3 is 1.29 bits per heavy atom. The minimum absolute atomic E-state index is 1.02. The van der Waals surface area contributed by atoms with Crippen LogP contribution < -0.4 is 0 Å². The molecule has 0 saturated carbocycles. The number of allylic oxidation sites excluding steroid dienone is 2. The molecule has 0 amide bonds. The highest BCUT2D eigenvalue weighted by Crippen LogP contribution is 2.23. The van der Waals surface area contributed by atoms with Crippen LogP contribution in [0.5, 0.6) is 0 Å². The van der Waals surface area contributed by atoms with Gasteiger partial charge in [-0.2, -0.15) is 0 Å². The average Bonchev–Trinajstić information content (AvgIpc) is 2.71. The summed E-state index contributed by atoms with van der Waals surface area (Å²) in [6, 6.07) is 0. The average molecular weight is 393 g/mol. The summed E-state index contributed by atoms with van der Waals surface area (Å²) in [4.78, 5) is 0. The van der Waals surface area contributed by atoms with Crippen molar-refractivity contribution >= 4 is 0 Å². The molecule has 0 aliphatic rings. The van der Waals surface area contributed by atoms with E-state index in [4.69, 9.17) is 0 Å². The third kappa shape index (κ3) is 22.0. The summed E-state index contributed by atoms with van der Waals surface area (Å²) < 4.78 is 0. The first-order chi connectivity index (χ1) is 13.8. The van der Waals surface area contributed by atoms with Crippen molar-refractivity contribution in [1.82, 2.24) is 0 Å². The molecular weight excluding hydrogens is 336 g/mol. The minimum atomic E-state index is 1.02. The van der Waals surface area contributed by atoms with Gasteiger partial charge in [0.25, 0.3) is 0 Å². The molecule has 0 nitrogen and oxygen atoms in total. The Bertz CT molecular complexity index is 290. The van der Waals surface area contributed by atoms with Crippen molar-refractivity contribution in [2.24, 2.45) is 5.92 Å². The summed E-state index contributed by atoms with van der Waals surface area (Å²) in [5, 5.41) is 0. The molecule has 0 bridgehead atoms. The first-order valence-electron chi connectivity index (χ1n) is 13.5. The molecule has 0 heterocycles. The van der Waals surface area contributed by atoms with E-state index in [2.05, 4.69) is 32.9 Å². The molecule has 0 aromatic heterocycles. The topological polar surface area (TPSA) is 0 Å². The Balaban J connectivity index is 3.56. The zero-order chi connectivity index (χ0) is 20.5. The Labute approximate surface area is 180 Å². The van der Waals surface area contributed by atoms with Crippen molar-refractivity contribution < 1.29 is 0 Å². The first kappa shape index (κ1) is 27.7. The van der Waals surface area contributed by atoms with Gasteiger partial charge in [0.15, 0.2) is 0 Å². The summed E-state index contributed by atoms with van der Waals surface area (Å²) in [6.07, 6.45) is 36.4. The third-order valence-electron chi connectivity index (χ3n) is 6.31. The number of rotatable bonds is 23. The predicted octanol–water partition coefficient (Wildman–Crippen LogP) is 10.8. The van der Waals surface area contributed by atoms with Gasteiger partial charge in [0.2, 0.25) is 0 Å². The summed E-state index contributed by atoms with van der Waals surface area (Å²) in [7, 11) is 0. The molecule has 0 radical (unpaired) electrons. The maximum absolute atomic E-state index is 2.46. The van der Waals surface area contributed by atoms with E-state index in [1.807, 2.05) is 0 Å². The zero-order valence-electron chi connectivity index (χ0n) is 20.3. The van der Waals surface area contributed by atoms with E-state index < -0.39 is 0 Å². The summed E-state index contributed by atoms with van der Waals surface area (Å²) in [6.45, 7) is 6.95. The van der Waals surface area contributed by atoms with Crippen molar-refractivity contribution in [2.45, 2.75) is 162 Å². The molecule has 0 spiro atoms. The van der Waals surface area contributed by atoms with Crippen molar-refractivity contribution in [1.29, 1.82) is 0 Å². The smallest absolute Gasteiger partial charge is 0.0351 e. The highest BCUT2D eigenvalue weighted by Gasteiger charge is 2.07. The van der Waals surface area contributed by atoms with Crippen molar-refractivity contribution in [3.05, 3.63) is 12.2 Å². The molecular formula is C28H56. The molecule has 0 rings (SSSR count). The Morgan fingerprint density at radius 2 is 0.750 bits per heavy atom. The third-order valence-corrected chi connectivity index (χ3v) is 6.31. The van der Waals surface area contributed by atoms with Gasteiger partial charge in [-0.3, -0.25) is 0 Å². The van der Waals surface area contributed by atoms with E-state index in [-0.39, 0.29) is 0 Å². The second-order valence-electron chi connectivity index (χ2n) is 9.23. The van der Waals surface area contributed by atoms with Gasteiger partial charge in [-0.25, -0.2) is 0 Å². The lowest BCUT2D eigenvalue weighted by atomic mass is 9.90.